The molecule has 0 spiro atoms. The molecule has 130 valence electrons. The Morgan fingerprint density at radius 2 is 1.84 bits per heavy atom. The van der Waals surface area contributed by atoms with E-state index in [1.54, 1.807) is 11.3 Å². The van der Waals surface area contributed by atoms with E-state index in [0.717, 1.165) is 54.8 Å². The predicted octanol–water partition coefficient (Wildman–Crippen LogP) is 2.22. The number of thiazole rings is 1. The number of fused-ring (bicyclic) bond motifs is 1. The van der Waals surface area contributed by atoms with Crippen molar-refractivity contribution in [2.24, 2.45) is 5.73 Å². The van der Waals surface area contributed by atoms with E-state index in [1.165, 1.54) is 4.70 Å². The lowest BCUT2D eigenvalue weighted by Crippen LogP contribution is -2.48. The van der Waals surface area contributed by atoms with Crippen LogP contribution in [0.5, 0.6) is 0 Å². The Morgan fingerprint density at radius 3 is 2.56 bits per heavy atom. The van der Waals surface area contributed by atoms with Gasteiger partial charge in [0.1, 0.15) is 5.01 Å². The number of benzene rings is 1. The third-order valence-electron chi connectivity index (χ3n) is 4.50. The number of aryl methyl sites for hydroxylation is 1. The Balaban J connectivity index is 1.35. The molecule has 6 nitrogen and oxygen atoms in total. The quantitative estimate of drug-likeness (QED) is 0.775. The summed E-state index contributed by atoms with van der Waals surface area (Å²) in [6.45, 7) is 6.63. The highest BCUT2D eigenvalue weighted by atomic mass is 32.1. The van der Waals surface area contributed by atoms with Crippen molar-refractivity contribution in [2.75, 3.05) is 37.6 Å². The summed E-state index contributed by atoms with van der Waals surface area (Å²) in [4.78, 5) is 18.2. The van der Waals surface area contributed by atoms with Crippen LogP contribution in [0.2, 0.25) is 0 Å². The van der Waals surface area contributed by atoms with Crippen molar-refractivity contribution in [3.63, 3.8) is 0 Å². The van der Waals surface area contributed by atoms with E-state index in [9.17, 15) is 0 Å². The van der Waals surface area contributed by atoms with Gasteiger partial charge in [0.05, 0.1) is 16.3 Å². The summed E-state index contributed by atoms with van der Waals surface area (Å²) >= 11 is 1.70. The molecule has 0 amide bonds. The van der Waals surface area contributed by atoms with Crippen molar-refractivity contribution in [1.29, 1.82) is 0 Å². The van der Waals surface area contributed by atoms with Crippen molar-refractivity contribution < 1.29 is 0 Å². The first-order chi connectivity index (χ1) is 12.2. The van der Waals surface area contributed by atoms with Gasteiger partial charge in [-0.05, 0) is 24.6 Å². The molecule has 1 aliphatic rings. The second-order valence-corrected chi connectivity index (χ2v) is 7.54. The van der Waals surface area contributed by atoms with E-state index in [1.807, 2.05) is 37.5 Å². The topological polar surface area (TPSA) is 71.2 Å². The minimum atomic E-state index is -0.0421. The molecule has 4 rings (SSSR count). The fourth-order valence-corrected chi connectivity index (χ4v) is 4.04. The van der Waals surface area contributed by atoms with Gasteiger partial charge < -0.3 is 10.6 Å². The highest BCUT2D eigenvalue weighted by Crippen LogP contribution is 2.26. The van der Waals surface area contributed by atoms with Gasteiger partial charge >= 0.3 is 0 Å². The van der Waals surface area contributed by atoms with Gasteiger partial charge in [0.2, 0.25) is 5.95 Å². The lowest BCUT2D eigenvalue weighted by Gasteiger charge is -2.35. The zero-order chi connectivity index (χ0) is 17.2. The Kier molecular flexibility index (Phi) is 4.61. The average Bonchev–Trinajstić information content (AvgIpc) is 3.07. The maximum atomic E-state index is 6.42. The first-order valence-electron chi connectivity index (χ1n) is 8.56. The second-order valence-electron chi connectivity index (χ2n) is 6.47. The summed E-state index contributed by atoms with van der Waals surface area (Å²) in [7, 11) is 0. The van der Waals surface area contributed by atoms with Gasteiger partial charge in [0.25, 0.3) is 0 Å². The van der Waals surface area contributed by atoms with Gasteiger partial charge in [-0.1, -0.05) is 12.1 Å². The van der Waals surface area contributed by atoms with E-state index in [-0.39, 0.29) is 6.04 Å². The number of hydrogen-bond donors (Lipinski definition) is 1. The molecule has 1 atom stereocenters. The minimum absolute atomic E-state index is 0.0421. The molecule has 3 heterocycles. The van der Waals surface area contributed by atoms with Crippen LogP contribution in [0.3, 0.4) is 0 Å². The molecule has 0 bridgehead atoms. The van der Waals surface area contributed by atoms with Gasteiger partial charge in [-0.25, -0.2) is 15.0 Å². The van der Waals surface area contributed by atoms with Crippen molar-refractivity contribution in [3.05, 3.63) is 47.2 Å². The maximum Gasteiger partial charge on any atom is 0.225 e. The van der Waals surface area contributed by atoms with Crippen LogP contribution in [-0.2, 0) is 0 Å². The molecule has 25 heavy (non-hydrogen) atoms. The Labute approximate surface area is 151 Å². The number of aromatic nitrogens is 3. The number of rotatable bonds is 4. The molecule has 3 aromatic rings. The molecule has 7 heteroatoms. The van der Waals surface area contributed by atoms with Crippen LogP contribution in [0.1, 0.15) is 16.6 Å². The molecule has 0 aliphatic carbocycles. The Bertz CT molecular complexity index is 805. The minimum Gasteiger partial charge on any atom is -0.338 e. The summed E-state index contributed by atoms with van der Waals surface area (Å²) in [6.07, 6.45) is 3.75. The van der Waals surface area contributed by atoms with Crippen LogP contribution >= 0.6 is 11.3 Å². The smallest absolute Gasteiger partial charge is 0.225 e. The number of hydrogen-bond acceptors (Lipinski definition) is 7. The Hall–Kier alpha value is -2.09. The number of para-hydroxylation sites is 1. The third-order valence-corrected chi connectivity index (χ3v) is 5.67. The van der Waals surface area contributed by atoms with Crippen LogP contribution in [0, 0.1) is 6.92 Å². The average molecular weight is 354 g/mol. The van der Waals surface area contributed by atoms with Gasteiger partial charge in [-0.3, -0.25) is 4.90 Å². The number of anilines is 1. The van der Waals surface area contributed by atoms with Crippen LogP contribution in [0.4, 0.5) is 5.95 Å². The van der Waals surface area contributed by atoms with Crippen molar-refractivity contribution in [1.82, 2.24) is 19.9 Å². The predicted molar refractivity (Wildman–Crippen MR) is 102 cm³/mol. The van der Waals surface area contributed by atoms with Crippen LogP contribution in [0.15, 0.2) is 36.7 Å². The molecular formula is C18H22N6S. The number of nitrogens with zero attached hydrogens (tertiary/aromatic N) is 5. The standard InChI is InChI=1S/C18H22N6S/c1-13-10-20-18(21-11-13)24-8-6-23(7-9-24)12-14(19)17-22-15-4-2-3-5-16(15)25-17/h2-5,10-11,14H,6-9,12,19H2,1H3. The van der Waals surface area contributed by atoms with Crippen LogP contribution in [0.25, 0.3) is 10.2 Å². The van der Waals surface area contributed by atoms with E-state index < -0.39 is 0 Å². The largest absolute Gasteiger partial charge is 0.338 e. The Morgan fingerprint density at radius 1 is 1.12 bits per heavy atom. The second kappa shape index (κ2) is 7.03. The summed E-state index contributed by atoms with van der Waals surface area (Å²) in [5, 5.41) is 1.02. The van der Waals surface area contributed by atoms with Gasteiger partial charge in [-0.15, -0.1) is 11.3 Å². The van der Waals surface area contributed by atoms with E-state index in [2.05, 4.69) is 30.8 Å². The number of nitrogens with two attached hydrogens (primary N) is 1. The zero-order valence-electron chi connectivity index (χ0n) is 14.3. The molecule has 0 saturated carbocycles. The fraction of sp³-hybridized carbons (Fsp3) is 0.389. The van der Waals surface area contributed by atoms with Crippen LogP contribution in [-0.4, -0.2) is 52.6 Å². The van der Waals surface area contributed by atoms with Gasteiger partial charge in [0, 0.05) is 45.1 Å². The molecular weight excluding hydrogens is 332 g/mol. The highest BCUT2D eigenvalue weighted by Gasteiger charge is 2.22. The van der Waals surface area contributed by atoms with Crippen molar-refractivity contribution in [2.45, 2.75) is 13.0 Å². The molecule has 1 unspecified atom stereocenters. The summed E-state index contributed by atoms with van der Waals surface area (Å²) in [5.41, 5.74) is 8.55. The molecule has 1 saturated heterocycles. The van der Waals surface area contributed by atoms with E-state index in [0.29, 0.717) is 0 Å². The summed E-state index contributed by atoms with van der Waals surface area (Å²) in [6, 6.07) is 8.16. The summed E-state index contributed by atoms with van der Waals surface area (Å²) < 4.78 is 1.20. The molecule has 0 radical (unpaired) electrons. The monoisotopic (exact) mass is 354 g/mol. The molecule has 2 aromatic heterocycles. The fourth-order valence-electron chi connectivity index (χ4n) is 3.08. The SMILES string of the molecule is Cc1cnc(N2CCN(CC(N)c3nc4ccccc4s3)CC2)nc1. The van der Waals surface area contributed by atoms with E-state index in [4.69, 9.17) is 5.73 Å². The molecule has 1 aliphatic heterocycles. The maximum absolute atomic E-state index is 6.42. The first kappa shape index (κ1) is 16.4. The van der Waals surface area contributed by atoms with Gasteiger partial charge in [-0.2, -0.15) is 0 Å². The molecule has 1 aromatic carbocycles. The highest BCUT2D eigenvalue weighted by molar-refractivity contribution is 7.18. The lowest BCUT2D eigenvalue weighted by molar-refractivity contribution is 0.242. The van der Waals surface area contributed by atoms with Crippen molar-refractivity contribution in [3.8, 4) is 0 Å². The van der Waals surface area contributed by atoms with Crippen LogP contribution < -0.4 is 10.6 Å². The summed E-state index contributed by atoms with van der Waals surface area (Å²) in [5.74, 6) is 0.820. The zero-order valence-corrected chi connectivity index (χ0v) is 15.1. The van der Waals surface area contributed by atoms with E-state index >= 15 is 0 Å². The first-order valence-corrected chi connectivity index (χ1v) is 9.38. The lowest BCUT2D eigenvalue weighted by atomic mass is 10.2. The molecule has 2 N–H and O–H groups in total. The number of piperazine rings is 1. The third kappa shape index (κ3) is 3.63. The normalized spacial score (nSPS) is 17.1. The van der Waals surface area contributed by atoms with Gasteiger partial charge in [0.15, 0.2) is 0 Å². The molecule has 1 fully saturated rings. The van der Waals surface area contributed by atoms with Crippen molar-refractivity contribution >= 4 is 27.5 Å².